The Balaban J connectivity index is 1.33. The number of rotatable bonds is 6. The first-order chi connectivity index (χ1) is 15.0. The van der Waals surface area contributed by atoms with E-state index in [9.17, 15) is 9.59 Å². The van der Waals surface area contributed by atoms with Crippen molar-refractivity contribution in [3.05, 3.63) is 66.2 Å². The van der Waals surface area contributed by atoms with Gasteiger partial charge in [-0.15, -0.1) is 0 Å². The fourth-order valence-corrected chi connectivity index (χ4v) is 3.77. The van der Waals surface area contributed by atoms with Crippen molar-refractivity contribution in [2.45, 2.75) is 19.4 Å². The number of amides is 2. The third-order valence-electron chi connectivity index (χ3n) is 5.64. The Morgan fingerprint density at radius 3 is 2.52 bits per heavy atom. The number of furan rings is 1. The molecule has 0 spiro atoms. The molecule has 8 heteroatoms. The molecule has 2 aromatic heterocycles. The van der Waals surface area contributed by atoms with Crippen molar-refractivity contribution < 1.29 is 14.0 Å². The lowest BCUT2D eigenvalue weighted by Gasteiger charge is -2.30. The lowest BCUT2D eigenvalue weighted by Crippen LogP contribution is -2.41. The van der Waals surface area contributed by atoms with E-state index >= 15 is 0 Å². The molecule has 0 saturated carbocycles. The number of carbonyl (C=O) groups excluding carboxylic acids is 2. The number of hydrogen-bond acceptors (Lipinski definition) is 5. The molecule has 162 valence electrons. The first-order valence-corrected chi connectivity index (χ1v) is 10.4. The van der Waals surface area contributed by atoms with Gasteiger partial charge in [0.25, 0.3) is 5.91 Å². The van der Waals surface area contributed by atoms with Gasteiger partial charge < -0.3 is 19.5 Å². The van der Waals surface area contributed by atoms with Gasteiger partial charge in [0.1, 0.15) is 5.82 Å². The highest BCUT2D eigenvalue weighted by Crippen LogP contribution is 2.22. The fourth-order valence-electron chi connectivity index (χ4n) is 3.77. The third-order valence-corrected chi connectivity index (χ3v) is 5.64. The van der Waals surface area contributed by atoms with Crippen molar-refractivity contribution in [2.75, 3.05) is 37.4 Å². The number of benzene rings is 1. The molecule has 1 N–H and O–H groups in total. The van der Waals surface area contributed by atoms with Crippen LogP contribution in [-0.2, 0) is 11.3 Å². The number of aromatic nitrogens is 2. The summed E-state index contributed by atoms with van der Waals surface area (Å²) in [6, 6.07) is 13.4. The van der Waals surface area contributed by atoms with Gasteiger partial charge in [-0.2, -0.15) is 5.10 Å². The predicted molar refractivity (Wildman–Crippen MR) is 118 cm³/mol. The smallest absolute Gasteiger partial charge is 0.289 e. The molecular weight excluding hydrogens is 394 g/mol. The lowest BCUT2D eigenvalue weighted by molar-refractivity contribution is -0.121. The minimum absolute atomic E-state index is 0.0326. The van der Waals surface area contributed by atoms with Crippen LogP contribution in [0.2, 0.25) is 0 Å². The van der Waals surface area contributed by atoms with Crippen LogP contribution in [0.15, 0.2) is 59.3 Å². The molecule has 2 amide bonds. The molecule has 0 radical (unpaired) electrons. The van der Waals surface area contributed by atoms with Crippen LogP contribution in [0.3, 0.4) is 0 Å². The van der Waals surface area contributed by atoms with Crippen molar-refractivity contribution in [1.29, 1.82) is 0 Å². The van der Waals surface area contributed by atoms with E-state index in [0.29, 0.717) is 44.1 Å². The minimum Gasteiger partial charge on any atom is -0.459 e. The van der Waals surface area contributed by atoms with Crippen molar-refractivity contribution in [2.24, 2.45) is 5.92 Å². The normalized spacial score (nSPS) is 14.5. The van der Waals surface area contributed by atoms with E-state index in [1.54, 1.807) is 27.9 Å². The average molecular weight is 422 g/mol. The summed E-state index contributed by atoms with van der Waals surface area (Å²) < 4.78 is 6.98. The Kier molecular flexibility index (Phi) is 6.06. The summed E-state index contributed by atoms with van der Waals surface area (Å²) in [4.78, 5) is 29.0. The van der Waals surface area contributed by atoms with Gasteiger partial charge >= 0.3 is 0 Å². The highest BCUT2D eigenvalue weighted by atomic mass is 16.3. The molecule has 3 heterocycles. The summed E-state index contributed by atoms with van der Waals surface area (Å²) in [6.45, 7) is 1.65. The first kappa shape index (κ1) is 20.7. The van der Waals surface area contributed by atoms with E-state index < -0.39 is 0 Å². The average Bonchev–Trinajstić information content (AvgIpc) is 3.46. The number of nitrogens with zero attached hydrogens (tertiary/aromatic N) is 4. The van der Waals surface area contributed by atoms with Crippen molar-refractivity contribution >= 4 is 23.3 Å². The van der Waals surface area contributed by atoms with Gasteiger partial charge in [0, 0.05) is 44.9 Å². The Bertz CT molecular complexity index is 1020. The SMILES string of the molecule is CN(C)c1ccc(Cn2nccc2NC(=O)C2CCN(C(=O)c3ccco3)CC2)cc1. The van der Waals surface area contributed by atoms with Gasteiger partial charge in [0.15, 0.2) is 5.76 Å². The Hall–Kier alpha value is -3.55. The summed E-state index contributed by atoms with van der Waals surface area (Å²) in [6.07, 6.45) is 4.43. The van der Waals surface area contributed by atoms with Crippen LogP contribution in [0.1, 0.15) is 29.0 Å². The molecular formula is C23H27N5O3. The van der Waals surface area contributed by atoms with E-state index in [2.05, 4.69) is 39.6 Å². The molecule has 1 aliphatic rings. The molecule has 1 saturated heterocycles. The standard InChI is InChI=1S/C23H27N5O3/c1-26(2)19-7-5-17(6-8-19)16-28-21(9-12-24-28)25-22(29)18-10-13-27(14-11-18)23(30)20-4-3-15-31-20/h3-9,12,15,18H,10-11,13-14,16H2,1-2H3,(H,25,29). The van der Waals surface area contributed by atoms with Crippen LogP contribution in [0.4, 0.5) is 11.5 Å². The highest BCUT2D eigenvalue weighted by Gasteiger charge is 2.29. The second kappa shape index (κ2) is 9.07. The molecule has 31 heavy (non-hydrogen) atoms. The van der Waals surface area contributed by atoms with Crippen LogP contribution in [0.5, 0.6) is 0 Å². The van der Waals surface area contributed by atoms with Crippen molar-refractivity contribution in [3.63, 3.8) is 0 Å². The number of likely N-dealkylation sites (tertiary alicyclic amines) is 1. The minimum atomic E-state index is -0.136. The summed E-state index contributed by atoms with van der Waals surface area (Å²) in [5, 5.41) is 7.37. The summed E-state index contributed by atoms with van der Waals surface area (Å²) in [7, 11) is 4.01. The summed E-state index contributed by atoms with van der Waals surface area (Å²) >= 11 is 0. The monoisotopic (exact) mass is 421 g/mol. The first-order valence-electron chi connectivity index (χ1n) is 10.4. The topological polar surface area (TPSA) is 83.6 Å². The number of carbonyl (C=O) groups is 2. The molecule has 0 atom stereocenters. The Labute approximate surface area is 181 Å². The zero-order valence-corrected chi connectivity index (χ0v) is 17.8. The largest absolute Gasteiger partial charge is 0.459 e. The highest BCUT2D eigenvalue weighted by molar-refractivity contribution is 5.93. The lowest BCUT2D eigenvalue weighted by atomic mass is 9.95. The fraction of sp³-hybridized carbons (Fsp3) is 0.348. The predicted octanol–water partition coefficient (Wildman–Crippen LogP) is 3.08. The van der Waals surface area contributed by atoms with Crippen molar-refractivity contribution in [3.8, 4) is 0 Å². The van der Waals surface area contributed by atoms with E-state index in [-0.39, 0.29) is 17.7 Å². The number of nitrogens with one attached hydrogen (secondary N) is 1. The van der Waals surface area contributed by atoms with Crippen LogP contribution in [0.25, 0.3) is 0 Å². The zero-order valence-electron chi connectivity index (χ0n) is 17.8. The van der Waals surface area contributed by atoms with Gasteiger partial charge in [-0.25, -0.2) is 4.68 Å². The summed E-state index contributed by atoms with van der Waals surface area (Å²) in [5.41, 5.74) is 2.24. The maximum Gasteiger partial charge on any atom is 0.289 e. The Morgan fingerprint density at radius 2 is 1.87 bits per heavy atom. The second-order valence-electron chi connectivity index (χ2n) is 7.97. The molecule has 0 bridgehead atoms. The molecule has 3 aromatic rings. The van der Waals surface area contributed by atoms with E-state index in [4.69, 9.17) is 4.42 Å². The molecule has 1 aromatic carbocycles. The van der Waals surface area contributed by atoms with Gasteiger partial charge in [-0.1, -0.05) is 12.1 Å². The van der Waals surface area contributed by atoms with Gasteiger partial charge in [0.05, 0.1) is 19.0 Å². The molecule has 1 fully saturated rings. The van der Waals surface area contributed by atoms with Gasteiger partial charge in [-0.05, 0) is 42.7 Å². The molecule has 1 aliphatic heterocycles. The Morgan fingerprint density at radius 1 is 1.13 bits per heavy atom. The van der Waals surface area contributed by atoms with Crippen LogP contribution in [-0.4, -0.2) is 53.7 Å². The molecule has 4 rings (SSSR count). The van der Waals surface area contributed by atoms with Crippen LogP contribution < -0.4 is 10.2 Å². The maximum atomic E-state index is 12.8. The second-order valence-corrected chi connectivity index (χ2v) is 7.97. The summed E-state index contributed by atoms with van der Waals surface area (Å²) in [5.74, 6) is 0.724. The number of hydrogen-bond donors (Lipinski definition) is 1. The van der Waals surface area contributed by atoms with Crippen LogP contribution >= 0.6 is 0 Å². The molecule has 8 nitrogen and oxygen atoms in total. The van der Waals surface area contributed by atoms with Crippen molar-refractivity contribution in [1.82, 2.24) is 14.7 Å². The maximum absolute atomic E-state index is 12.8. The van der Waals surface area contributed by atoms with Gasteiger partial charge in [-0.3, -0.25) is 9.59 Å². The molecule has 0 unspecified atom stereocenters. The third kappa shape index (κ3) is 4.79. The van der Waals surface area contributed by atoms with Gasteiger partial charge in [0.2, 0.25) is 5.91 Å². The zero-order chi connectivity index (χ0) is 21.8. The quantitative estimate of drug-likeness (QED) is 0.661. The van der Waals surface area contributed by atoms with E-state index in [0.717, 1.165) is 11.3 Å². The van der Waals surface area contributed by atoms with E-state index in [1.807, 2.05) is 20.2 Å². The number of piperidine rings is 1. The number of anilines is 2. The molecule has 0 aliphatic carbocycles. The van der Waals surface area contributed by atoms with Crippen LogP contribution in [0, 0.1) is 5.92 Å². The van der Waals surface area contributed by atoms with E-state index in [1.165, 1.54) is 6.26 Å².